The third-order valence-electron chi connectivity index (χ3n) is 5.03. The molecule has 0 unspecified atom stereocenters. The molecule has 3 aromatic rings. The fraction of sp³-hybridized carbons (Fsp3) is 0.318. The summed E-state index contributed by atoms with van der Waals surface area (Å²) in [7, 11) is 1.61. The van der Waals surface area contributed by atoms with Gasteiger partial charge in [-0.15, -0.1) is 0 Å². The number of rotatable bonds is 6. The lowest BCUT2D eigenvalue weighted by atomic mass is 10.1. The van der Waals surface area contributed by atoms with Gasteiger partial charge in [0.15, 0.2) is 5.43 Å². The van der Waals surface area contributed by atoms with Crippen LogP contribution in [0.5, 0.6) is 11.5 Å². The highest BCUT2D eigenvalue weighted by Crippen LogP contribution is 2.24. The molecule has 6 nitrogen and oxygen atoms in total. The van der Waals surface area contributed by atoms with Crippen molar-refractivity contribution in [3.05, 3.63) is 59.0 Å². The molecule has 2 aromatic carbocycles. The van der Waals surface area contributed by atoms with E-state index in [1.165, 1.54) is 6.26 Å². The molecule has 0 radical (unpaired) electrons. The summed E-state index contributed by atoms with van der Waals surface area (Å²) in [5, 5.41) is 3.88. The molecule has 0 bridgehead atoms. The predicted octanol–water partition coefficient (Wildman–Crippen LogP) is 2.75. The number of fused-ring (bicyclic) bond motifs is 1. The number of hydrogen-bond acceptors (Lipinski definition) is 6. The van der Waals surface area contributed by atoms with E-state index in [1.807, 2.05) is 30.3 Å². The van der Waals surface area contributed by atoms with E-state index in [2.05, 4.69) is 10.2 Å². The molecule has 1 aliphatic heterocycles. The first-order valence-electron chi connectivity index (χ1n) is 9.50. The molecule has 1 fully saturated rings. The van der Waals surface area contributed by atoms with E-state index < -0.39 is 0 Å². The van der Waals surface area contributed by atoms with Crippen LogP contribution in [0.2, 0.25) is 0 Å². The number of benzene rings is 2. The molecule has 0 atom stereocenters. The standard InChI is InChI=1S/C22H24N2O4/c1-26-17-4-2-16(3-5-17)20-15-28-21-14-18(6-7-19(21)22(20)25)27-13-12-24-10-8-23-9-11-24/h2-7,14-15,23H,8-13H2,1H3. The lowest BCUT2D eigenvalue weighted by Gasteiger charge is -2.26. The lowest BCUT2D eigenvalue weighted by Crippen LogP contribution is -2.44. The van der Waals surface area contributed by atoms with Crippen LogP contribution in [0.3, 0.4) is 0 Å². The van der Waals surface area contributed by atoms with Gasteiger partial charge in [0.2, 0.25) is 0 Å². The fourth-order valence-corrected chi connectivity index (χ4v) is 3.40. The molecule has 146 valence electrons. The molecule has 1 saturated heterocycles. The molecule has 0 aliphatic carbocycles. The molecule has 0 spiro atoms. The minimum absolute atomic E-state index is 0.0567. The third kappa shape index (κ3) is 4.03. The van der Waals surface area contributed by atoms with Crippen molar-refractivity contribution in [2.45, 2.75) is 0 Å². The zero-order valence-corrected chi connectivity index (χ0v) is 15.9. The van der Waals surface area contributed by atoms with Crippen molar-refractivity contribution in [1.82, 2.24) is 10.2 Å². The summed E-state index contributed by atoms with van der Waals surface area (Å²) < 4.78 is 16.8. The molecule has 1 N–H and O–H groups in total. The van der Waals surface area contributed by atoms with Crippen LogP contribution in [0.1, 0.15) is 0 Å². The smallest absolute Gasteiger partial charge is 0.200 e. The highest BCUT2D eigenvalue weighted by atomic mass is 16.5. The number of methoxy groups -OCH3 is 1. The van der Waals surface area contributed by atoms with Crippen molar-refractivity contribution in [1.29, 1.82) is 0 Å². The van der Waals surface area contributed by atoms with E-state index >= 15 is 0 Å². The van der Waals surface area contributed by atoms with Gasteiger partial charge in [0.25, 0.3) is 0 Å². The van der Waals surface area contributed by atoms with Gasteiger partial charge in [0.05, 0.1) is 18.1 Å². The quantitative estimate of drug-likeness (QED) is 0.710. The Kier molecular flexibility index (Phi) is 5.60. The Hall–Kier alpha value is -2.83. The van der Waals surface area contributed by atoms with Gasteiger partial charge in [-0.25, -0.2) is 0 Å². The maximum Gasteiger partial charge on any atom is 0.200 e. The Morgan fingerprint density at radius 3 is 2.57 bits per heavy atom. The second-order valence-electron chi connectivity index (χ2n) is 6.81. The zero-order chi connectivity index (χ0) is 19.3. The Balaban J connectivity index is 1.49. The highest BCUT2D eigenvalue weighted by Gasteiger charge is 2.12. The predicted molar refractivity (Wildman–Crippen MR) is 109 cm³/mol. The average molecular weight is 380 g/mol. The van der Waals surface area contributed by atoms with Gasteiger partial charge in [-0.2, -0.15) is 0 Å². The fourth-order valence-electron chi connectivity index (χ4n) is 3.40. The molecule has 0 amide bonds. The van der Waals surface area contributed by atoms with Gasteiger partial charge >= 0.3 is 0 Å². The maximum absolute atomic E-state index is 12.9. The van der Waals surface area contributed by atoms with Crippen molar-refractivity contribution in [3.63, 3.8) is 0 Å². The van der Waals surface area contributed by atoms with Crippen LogP contribution < -0.4 is 20.2 Å². The number of hydrogen-bond donors (Lipinski definition) is 1. The number of piperazine rings is 1. The minimum atomic E-state index is -0.0567. The van der Waals surface area contributed by atoms with E-state index in [4.69, 9.17) is 13.9 Å². The molecular formula is C22H24N2O4. The van der Waals surface area contributed by atoms with Crippen molar-refractivity contribution in [3.8, 4) is 22.6 Å². The Morgan fingerprint density at radius 1 is 1.07 bits per heavy atom. The number of nitrogens with zero attached hydrogens (tertiary/aromatic N) is 1. The largest absolute Gasteiger partial charge is 0.497 e. The average Bonchev–Trinajstić information content (AvgIpc) is 2.75. The summed E-state index contributed by atoms with van der Waals surface area (Å²) in [6.07, 6.45) is 1.51. The SMILES string of the molecule is COc1ccc(-c2coc3cc(OCCN4CCNCC4)ccc3c2=O)cc1. The summed E-state index contributed by atoms with van der Waals surface area (Å²) in [5.41, 5.74) is 1.80. The topological polar surface area (TPSA) is 63.9 Å². The summed E-state index contributed by atoms with van der Waals surface area (Å²) in [6.45, 7) is 5.64. The van der Waals surface area contributed by atoms with Crippen LogP contribution in [-0.2, 0) is 0 Å². The minimum Gasteiger partial charge on any atom is -0.497 e. The summed E-state index contributed by atoms with van der Waals surface area (Å²) in [6, 6.07) is 12.7. The van der Waals surface area contributed by atoms with E-state index in [9.17, 15) is 4.79 Å². The van der Waals surface area contributed by atoms with Crippen molar-refractivity contribution >= 4 is 11.0 Å². The molecule has 2 heterocycles. The van der Waals surface area contributed by atoms with Gasteiger partial charge in [0.1, 0.15) is 30.0 Å². The van der Waals surface area contributed by atoms with E-state index in [-0.39, 0.29) is 5.43 Å². The molecule has 6 heteroatoms. The zero-order valence-electron chi connectivity index (χ0n) is 15.9. The van der Waals surface area contributed by atoms with Gasteiger partial charge in [-0.3, -0.25) is 9.69 Å². The monoisotopic (exact) mass is 380 g/mol. The Bertz CT molecular complexity index is 992. The second kappa shape index (κ2) is 8.46. The normalized spacial score (nSPS) is 14.9. The molecule has 28 heavy (non-hydrogen) atoms. The lowest BCUT2D eigenvalue weighted by molar-refractivity contribution is 0.191. The Labute approximate surface area is 163 Å². The summed E-state index contributed by atoms with van der Waals surface area (Å²) >= 11 is 0. The van der Waals surface area contributed by atoms with Crippen LogP contribution in [-0.4, -0.2) is 51.3 Å². The van der Waals surface area contributed by atoms with Gasteiger partial charge in [-0.05, 0) is 29.8 Å². The van der Waals surface area contributed by atoms with Crippen molar-refractivity contribution < 1.29 is 13.9 Å². The summed E-state index contributed by atoms with van der Waals surface area (Å²) in [4.78, 5) is 15.2. The Morgan fingerprint density at radius 2 is 1.82 bits per heavy atom. The maximum atomic E-state index is 12.9. The van der Waals surface area contributed by atoms with Gasteiger partial charge in [0, 0.05) is 38.8 Å². The van der Waals surface area contributed by atoms with Crippen molar-refractivity contribution in [2.24, 2.45) is 0 Å². The van der Waals surface area contributed by atoms with Crippen LogP contribution >= 0.6 is 0 Å². The van der Waals surface area contributed by atoms with Gasteiger partial charge < -0.3 is 19.2 Å². The number of nitrogens with one attached hydrogen (secondary N) is 1. The first-order chi connectivity index (χ1) is 13.7. The van der Waals surface area contributed by atoms with Gasteiger partial charge in [-0.1, -0.05) is 12.1 Å². The number of ether oxygens (including phenoxy) is 2. The molecular weight excluding hydrogens is 356 g/mol. The molecule has 0 saturated carbocycles. The van der Waals surface area contributed by atoms with Crippen LogP contribution in [0.15, 0.2) is 57.9 Å². The van der Waals surface area contributed by atoms with Crippen molar-refractivity contribution in [2.75, 3.05) is 46.4 Å². The van der Waals surface area contributed by atoms with Crippen LogP contribution in [0, 0.1) is 0 Å². The molecule has 1 aromatic heterocycles. The van der Waals surface area contributed by atoms with E-state index in [1.54, 1.807) is 19.2 Å². The first-order valence-corrected chi connectivity index (χ1v) is 9.50. The van der Waals surface area contributed by atoms with E-state index in [0.29, 0.717) is 28.9 Å². The van der Waals surface area contributed by atoms with E-state index in [0.717, 1.165) is 44.0 Å². The first kappa shape index (κ1) is 18.5. The molecule has 1 aliphatic rings. The second-order valence-corrected chi connectivity index (χ2v) is 6.81. The van der Waals surface area contributed by atoms with Crippen LogP contribution in [0.25, 0.3) is 22.1 Å². The summed E-state index contributed by atoms with van der Waals surface area (Å²) in [5.74, 6) is 1.46. The highest BCUT2D eigenvalue weighted by molar-refractivity contribution is 5.82. The molecule has 4 rings (SSSR count). The van der Waals surface area contributed by atoms with Crippen LogP contribution in [0.4, 0.5) is 0 Å². The third-order valence-corrected chi connectivity index (χ3v) is 5.03.